The van der Waals surface area contributed by atoms with E-state index in [-0.39, 0.29) is 29.9 Å². The molecule has 8 heteroatoms. The van der Waals surface area contributed by atoms with Crippen molar-refractivity contribution in [2.75, 3.05) is 20.1 Å². The number of hydrogen-bond donors (Lipinski definition) is 2. The van der Waals surface area contributed by atoms with Crippen molar-refractivity contribution >= 4 is 35.8 Å². The number of carbonyl (C=O) groups excluding carboxylic acids is 1. The third kappa shape index (κ3) is 6.79. The van der Waals surface area contributed by atoms with Crippen molar-refractivity contribution in [3.63, 3.8) is 0 Å². The Bertz CT molecular complexity index is 664. The summed E-state index contributed by atoms with van der Waals surface area (Å²) in [6.45, 7) is 2.42. The van der Waals surface area contributed by atoms with Crippen LogP contribution in [-0.2, 0) is 11.3 Å². The lowest BCUT2D eigenvalue weighted by atomic mass is 9.95. The van der Waals surface area contributed by atoms with E-state index in [1.54, 1.807) is 13.2 Å². The Morgan fingerprint density at radius 1 is 1.36 bits per heavy atom. The van der Waals surface area contributed by atoms with Gasteiger partial charge in [-0.25, -0.2) is 4.98 Å². The average molecular weight is 501 g/mol. The number of carbonyl (C=O) groups is 1. The number of piperidine rings is 1. The highest BCUT2D eigenvalue weighted by Crippen LogP contribution is 2.23. The van der Waals surface area contributed by atoms with Gasteiger partial charge in [-0.2, -0.15) is 0 Å². The molecular formula is C20H32IN5O2. The summed E-state index contributed by atoms with van der Waals surface area (Å²) in [6, 6.07) is 4.00. The van der Waals surface area contributed by atoms with Gasteiger partial charge in [-0.3, -0.25) is 9.79 Å². The smallest absolute Gasteiger partial charge is 0.217 e. The number of pyridine rings is 1. The van der Waals surface area contributed by atoms with Gasteiger partial charge in [-0.1, -0.05) is 0 Å². The third-order valence-electron chi connectivity index (χ3n) is 5.36. The molecule has 1 amide bonds. The van der Waals surface area contributed by atoms with Gasteiger partial charge in [0.05, 0.1) is 0 Å². The molecule has 0 radical (unpaired) electrons. The van der Waals surface area contributed by atoms with Gasteiger partial charge in [0.15, 0.2) is 5.96 Å². The fraction of sp³-hybridized carbons (Fsp3) is 0.650. The summed E-state index contributed by atoms with van der Waals surface area (Å²) in [5.41, 5.74) is 6.48. The number of aliphatic imine (C=N–C) groups is 1. The lowest BCUT2D eigenvalue weighted by Crippen LogP contribution is -2.46. The maximum atomic E-state index is 11.2. The maximum absolute atomic E-state index is 11.2. The fourth-order valence-corrected chi connectivity index (χ4v) is 4.02. The molecule has 28 heavy (non-hydrogen) atoms. The number of nitrogens with two attached hydrogens (primary N) is 1. The first-order chi connectivity index (χ1) is 13.1. The van der Waals surface area contributed by atoms with Crippen LogP contribution in [0.5, 0.6) is 5.88 Å². The van der Waals surface area contributed by atoms with Gasteiger partial charge >= 0.3 is 0 Å². The van der Waals surface area contributed by atoms with Crippen LogP contribution in [0.1, 0.15) is 50.5 Å². The summed E-state index contributed by atoms with van der Waals surface area (Å²) < 4.78 is 5.99. The van der Waals surface area contributed by atoms with E-state index in [2.05, 4.69) is 20.2 Å². The second-order valence-corrected chi connectivity index (χ2v) is 7.55. The Hall–Kier alpha value is -1.58. The molecule has 1 aromatic heterocycles. The summed E-state index contributed by atoms with van der Waals surface area (Å²) >= 11 is 0. The summed E-state index contributed by atoms with van der Waals surface area (Å²) in [7, 11) is 1.79. The number of amides is 1. The van der Waals surface area contributed by atoms with Crippen molar-refractivity contribution in [2.45, 2.75) is 57.6 Å². The van der Waals surface area contributed by atoms with Gasteiger partial charge in [0.1, 0.15) is 6.10 Å². The molecule has 1 aliphatic heterocycles. The molecule has 1 saturated carbocycles. The molecule has 2 aliphatic rings. The summed E-state index contributed by atoms with van der Waals surface area (Å²) in [4.78, 5) is 22.2. The molecule has 0 aromatic carbocycles. The molecule has 0 bridgehead atoms. The van der Waals surface area contributed by atoms with E-state index in [1.165, 1.54) is 12.8 Å². The van der Waals surface area contributed by atoms with E-state index < -0.39 is 0 Å². The van der Waals surface area contributed by atoms with E-state index >= 15 is 0 Å². The van der Waals surface area contributed by atoms with Crippen LogP contribution in [0.4, 0.5) is 0 Å². The van der Waals surface area contributed by atoms with Gasteiger partial charge in [0.25, 0.3) is 0 Å². The minimum Gasteiger partial charge on any atom is -0.474 e. The van der Waals surface area contributed by atoms with Crippen molar-refractivity contribution in [2.24, 2.45) is 16.6 Å². The zero-order valence-corrected chi connectivity index (χ0v) is 18.9. The quantitative estimate of drug-likeness (QED) is 0.355. The Labute approximate surface area is 184 Å². The summed E-state index contributed by atoms with van der Waals surface area (Å²) in [6.07, 6.45) is 9.38. The Kier molecular flexibility index (Phi) is 9.27. The van der Waals surface area contributed by atoms with Crippen LogP contribution < -0.4 is 15.8 Å². The zero-order valence-electron chi connectivity index (χ0n) is 16.6. The molecule has 3 rings (SSSR count). The normalized spacial score (nSPS) is 20.5. The van der Waals surface area contributed by atoms with Crippen molar-refractivity contribution in [1.29, 1.82) is 0 Å². The van der Waals surface area contributed by atoms with Crippen LogP contribution in [-0.4, -0.2) is 48.0 Å². The van der Waals surface area contributed by atoms with Crippen molar-refractivity contribution in [1.82, 2.24) is 15.2 Å². The number of nitrogens with one attached hydrogen (secondary N) is 1. The van der Waals surface area contributed by atoms with Gasteiger partial charge in [0.2, 0.25) is 11.8 Å². The second-order valence-electron chi connectivity index (χ2n) is 7.55. The zero-order chi connectivity index (χ0) is 19.1. The van der Waals surface area contributed by atoms with Crippen LogP contribution in [0.3, 0.4) is 0 Å². The minimum absolute atomic E-state index is 0. The first-order valence-corrected chi connectivity index (χ1v) is 9.99. The number of hydrogen-bond acceptors (Lipinski definition) is 4. The van der Waals surface area contributed by atoms with E-state index in [4.69, 9.17) is 10.5 Å². The summed E-state index contributed by atoms with van der Waals surface area (Å²) in [5, 5.41) is 3.43. The number of halogens is 1. The second kappa shape index (κ2) is 11.4. The predicted octanol–water partition coefficient (Wildman–Crippen LogP) is 2.68. The predicted molar refractivity (Wildman–Crippen MR) is 121 cm³/mol. The Morgan fingerprint density at radius 2 is 2.14 bits per heavy atom. The third-order valence-corrected chi connectivity index (χ3v) is 5.36. The lowest BCUT2D eigenvalue weighted by Gasteiger charge is -2.34. The van der Waals surface area contributed by atoms with E-state index in [0.717, 1.165) is 50.3 Å². The lowest BCUT2D eigenvalue weighted by molar-refractivity contribution is -0.119. The topological polar surface area (TPSA) is 92.8 Å². The minimum atomic E-state index is -0.226. The molecule has 7 nitrogen and oxygen atoms in total. The van der Waals surface area contributed by atoms with Gasteiger partial charge in [0, 0.05) is 45.4 Å². The standard InChI is InChI=1S/C20H31N5O2.HI/c1-22-20(25-10-4-5-16(14-25)11-18(21)26)24-13-15-8-9-23-19(12-15)27-17-6-2-3-7-17;/h8-9,12,16-17H,2-7,10-11,13-14H2,1H3,(H2,21,26)(H,22,24);1H. The molecule has 2 heterocycles. The molecule has 1 aliphatic carbocycles. The number of likely N-dealkylation sites (tertiary alicyclic amines) is 1. The van der Waals surface area contributed by atoms with Crippen molar-refractivity contribution in [3.05, 3.63) is 23.9 Å². The highest BCUT2D eigenvalue weighted by molar-refractivity contribution is 14.0. The van der Waals surface area contributed by atoms with Gasteiger partial charge in [-0.15, -0.1) is 24.0 Å². The Balaban J connectivity index is 0.00000280. The average Bonchev–Trinajstić information content (AvgIpc) is 3.15. The molecule has 0 spiro atoms. The molecule has 1 atom stereocenters. The van der Waals surface area contributed by atoms with Crippen LogP contribution in [0.25, 0.3) is 0 Å². The molecular weight excluding hydrogens is 469 g/mol. The number of aromatic nitrogens is 1. The van der Waals surface area contributed by atoms with Crippen LogP contribution in [0, 0.1) is 5.92 Å². The fourth-order valence-electron chi connectivity index (χ4n) is 4.02. The number of guanidine groups is 1. The number of ether oxygens (including phenoxy) is 1. The van der Waals surface area contributed by atoms with Crippen molar-refractivity contribution in [3.8, 4) is 5.88 Å². The molecule has 1 unspecified atom stereocenters. The SMILES string of the molecule is CN=C(NCc1ccnc(OC2CCCC2)c1)N1CCCC(CC(N)=O)C1.I. The Morgan fingerprint density at radius 3 is 2.86 bits per heavy atom. The molecule has 1 aromatic rings. The van der Waals surface area contributed by atoms with E-state index in [9.17, 15) is 4.79 Å². The largest absolute Gasteiger partial charge is 0.474 e. The highest BCUT2D eigenvalue weighted by Gasteiger charge is 2.23. The summed E-state index contributed by atoms with van der Waals surface area (Å²) in [5.74, 6) is 1.65. The first-order valence-electron chi connectivity index (χ1n) is 9.99. The van der Waals surface area contributed by atoms with Crippen LogP contribution >= 0.6 is 24.0 Å². The molecule has 2 fully saturated rings. The molecule has 1 saturated heterocycles. The maximum Gasteiger partial charge on any atom is 0.217 e. The molecule has 156 valence electrons. The van der Waals surface area contributed by atoms with Crippen LogP contribution in [0.15, 0.2) is 23.3 Å². The van der Waals surface area contributed by atoms with E-state index in [0.29, 0.717) is 30.9 Å². The van der Waals surface area contributed by atoms with E-state index in [1.807, 2.05) is 12.1 Å². The van der Waals surface area contributed by atoms with Crippen LogP contribution in [0.2, 0.25) is 0 Å². The highest BCUT2D eigenvalue weighted by atomic mass is 127. The van der Waals surface area contributed by atoms with Crippen molar-refractivity contribution < 1.29 is 9.53 Å². The van der Waals surface area contributed by atoms with Gasteiger partial charge in [-0.05, 0) is 56.1 Å². The number of nitrogens with zero attached hydrogens (tertiary/aromatic N) is 3. The number of rotatable bonds is 6. The first kappa shape index (κ1) is 22.7. The monoisotopic (exact) mass is 501 g/mol. The van der Waals surface area contributed by atoms with Gasteiger partial charge < -0.3 is 20.7 Å². The number of primary amides is 1. The molecule has 3 N–H and O–H groups in total.